The second kappa shape index (κ2) is 15.2. The van der Waals surface area contributed by atoms with Crippen LogP contribution in [0, 0.1) is 39.4 Å². The molecule has 2 heterocycles. The van der Waals surface area contributed by atoms with Crippen molar-refractivity contribution in [2.24, 2.45) is 39.4 Å². The van der Waals surface area contributed by atoms with Gasteiger partial charge in [0.1, 0.15) is 54.1 Å². The Morgan fingerprint density at radius 3 is 2.12 bits per heavy atom. The summed E-state index contributed by atoms with van der Waals surface area (Å²) in [4.78, 5) is 28.5. The molecule has 0 amide bonds. The maximum atomic E-state index is 14.9. The van der Waals surface area contributed by atoms with E-state index >= 15 is 0 Å². The molecule has 4 aliphatic carbocycles. The summed E-state index contributed by atoms with van der Waals surface area (Å²) >= 11 is 0. The van der Waals surface area contributed by atoms with Crippen LogP contribution in [0.2, 0.25) is 0 Å². The first-order chi connectivity index (χ1) is 26.2. The number of Topliss-reactive ketones (excluding diaryl/α,β-unsaturated/α-hetero) is 2. The number of hydrogen-bond donors (Lipinski definition) is 9. The van der Waals surface area contributed by atoms with E-state index in [1.165, 1.54) is 13.8 Å². The number of aliphatic hydroxyl groups is 9. The van der Waals surface area contributed by atoms with Crippen molar-refractivity contribution in [1.29, 1.82) is 0 Å². The topological polar surface area (TPSA) is 253 Å². The van der Waals surface area contributed by atoms with Gasteiger partial charge in [0.15, 0.2) is 18.4 Å². The Morgan fingerprint density at radius 1 is 0.860 bits per heavy atom. The van der Waals surface area contributed by atoms with Gasteiger partial charge in [0.05, 0.1) is 30.5 Å². The smallest absolute Gasteiger partial charge is 0.187 e. The highest BCUT2D eigenvalue weighted by molar-refractivity contribution is 5.90. The van der Waals surface area contributed by atoms with E-state index in [2.05, 4.69) is 13.0 Å². The number of carbonyl (C=O) groups excluding carboxylic acids is 2. The van der Waals surface area contributed by atoms with E-state index in [0.717, 1.165) is 5.57 Å². The summed E-state index contributed by atoms with van der Waals surface area (Å²) in [6.07, 6.45) is -12.1. The van der Waals surface area contributed by atoms with Crippen LogP contribution in [0.4, 0.5) is 0 Å². The van der Waals surface area contributed by atoms with Crippen LogP contribution < -0.4 is 0 Å². The molecule has 2 saturated heterocycles. The van der Waals surface area contributed by atoms with E-state index < -0.39 is 125 Å². The summed E-state index contributed by atoms with van der Waals surface area (Å²) in [6.45, 7) is 15.5. The minimum Gasteiger partial charge on any atom is -0.394 e. The predicted octanol–water partition coefficient (Wildman–Crippen LogP) is 0.650. The molecule has 5 fully saturated rings. The Kier molecular flexibility index (Phi) is 12.0. The van der Waals surface area contributed by atoms with Gasteiger partial charge >= 0.3 is 0 Å². The first-order valence-electron chi connectivity index (χ1n) is 20.7. The molecule has 0 aromatic heterocycles. The highest BCUT2D eigenvalue weighted by Crippen LogP contribution is 2.74. The lowest BCUT2D eigenvalue weighted by atomic mass is 9.38. The summed E-state index contributed by atoms with van der Waals surface area (Å²) in [6, 6.07) is 0. The largest absolute Gasteiger partial charge is 0.394 e. The highest BCUT2D eigenvalue weighted by Gasteiger charge is 2.74. The summed E-state index contributed by atoms with van der Waals surface area (Å²) < 4.78 is 24.2. The van der Waals surface area contributed by atoms with Crippen LogP contribution in [0.15, 0.2) is 11.6 Å². The zero-order chi connectivity index (χ0) is 42.6. The van der Waals surface area contributed by atoms with Crippen molar-refractivity contribution in [1.82, 2.24) is 0 Å². The number of allylic oxidation sites excluding steroid dienone is 1. The van der Waals surface area contributed by atoms with Gasteiger partial charge in [0.2, 0.25) is 0 Å². The molecular formula is C42H68O15. The number of fused-ring (bicyclic) bond motifs is 5. The molecule has 0 aromatic rings. The number of ether oxygens (including phenoxy) is 4. The van der Waals surface area contributed by atoms with Gasteiger partial charge in [0, 0.05) is 29.6 Å². The van der Waals surface area contributed by atoms with Crippen LogP contribution in [-0.4, -0.2) is 149 Å². The molecule has 0 bridgehead atoms. The number of hydrogen-bond acceptors (Lipinski definition) is 15. The highest BCUT2D eigenvalue weighted by atomic mass is 16.8. The molecular weight excluding hydrogens is 744 g/mol. The Balaban J connectivity index is 1.27. The van der Waals surface area contributed by atoms with E-state index in [4.69, 9.17) is 18.9 Å². The molecule has 19 atom stereocenters. The lowest BCUT2D eigenvalue weighted by Gasteiger charge is -2.65. The number of rotatable bonds is 10. The molecule has 6 rings (SSSR count). The second-order valence-electron chi connectivity index (χ2n) is 20.3. The average Bonchev–Trinajstić information content (AvgIpc) is 3.32. The molecule has 0 spiro atoms. The molecule has 57 heavy (non-hydrogen) atoms. The van der Waals surface area contributed by atoms with E-state index in [9.17, 15) is 55.5 Å². The van der Waals surface area contributed by atoms with Gasteiger partial charge in [-0.05, 0) is 82.5 Å². The predicted molar refractivity (Wildman–Crippen MR) is 202 cm³/mol. The van der Waals surface area contributed by atoms with Crippen molar-refractivity contribution in [3.05, 3.63) is 11.6 Å². The van der Waals surface area contributed by atoms with Gasteiger partial charge in [-0.15, -0.1) is 0 Å². The minimum absolute atomic E-state index is 0.0108. The summed E-state index contributed by atoms with van der Waals surface area (Å²) in [7, 11) is 0. The quantitative estimate of drug-likeness (QED) is 0.137. The Bertz CT molecular complexity index is 1560. The molecule has 3 saturated carbocycles. The van der Waals surface area contributed by atoms with Gasteiger partial charge in [-0.3, -0.25) is 9.59 Å². The fraction of sp³-hybridized carbons (Fsp3) is 0.905. The zero-order valence-electron chi connectivity index (χ0n) is 34.9. The molecule has 0 aromatic carbocycles. The first-order valence-corrected chi connectivity index (χ1v) is 20.7. The van der Waals surface area contributed by atoms with Gasteiger partial charge in [0.25, 0.3) is 0 Å². The fourth-order valence-corrected chi connectivity index (χ4v) is 12.3. The van der Waals surface area contributed by atoms with E-state index in [-0.39, 0.29) is 36.9 Å². The van der Waals surface area contributed by atoms with Crippen molar-refractivity contribution in [2.75, 3.05) is 6.61 Å². The molecule has 0 unspecified atom stereocenters. The maximum absolute atomic E-state index is 14.9. The molecule has 15 nitrogen and oxygen atoms in total. The Morgan fingerprint density at radius 2 is 1.51 bits per heavy atom. The normalized spacial score (nSPS) is 49.6. The molecule has 2 aliphatic heterocycles. The van der Waals surface area contributed by atoms with Gasteiger partial charge in [-0.2, -0.15) is 0 Å². The SMILES string of the molecule is C[C@@H]1O[C@H](O[C@@H]2[C@@H](O[C@H]3CC[C@@H]4C(=CC[C@@H]5[C@]4(C)C(=O)C[C@]4(C)[C@@H]([C@](C)(O)C(=O)CCC(C)(C)O)[C@H](O)C[C@]54C)C3(C)C)O[C@@H](CO)[C@H](O)[C@H]2O)[C@@H](O)[C@H](O)[C@H]1O. The fourth-order valence-electron chi connectivity index (χ4n) is 12.3. The Hall–Kier alpha value is -1.44. The van der Waals surface area contributed by atoms with Crippen molar-refractivity contribution in [3.63, 3.8) is 0 Å². The molecule has 15 heteroatoms. The maximum Gasteiger partial charge on any atom is 0.187 e. The van der Waals surface area contributed by atoms with Gasteiger partial charge in [-0.1, -0.05) is 46.3 Å². The van der Waals surface area contributed by atoms with Crippen molar-refractivity contribution in [3.8, 4) is 0 Å². The standard InChI is InChI=1S/C42H68O15/c1-19-28(47)30(49)32(51)35(54-19)57-33-31(50)29(48)23(18-43)55-36(33)56-27-13-11-21-20(38(27,4)5)10-12-24-39(6)16-22(44)34(40(39,7)17-26(46)41(21,24)8)42(9,53)25(45)14-15-37(2,3)52/h10,19,21-24,27-36,43-44,47-53H,11-18H2,1-9H3/t19-,21+,22+,23-,24-,27-,28-,29-,30+,31+,32-,33-,34-,35+,36+,39+,40+,41+,42+/m0/s1. The third kappa shape index (κ3) is 7.11. The molecule has 0 radical (unpaired) electrons. The van der Waals surface area contributed by atoms with Crippen LogP contribution >= 0.6 is 0 Å². The average molecular weight is 813 g/mol. The van der Waals surface area contributed by atoms with E-state index in [0.29, 0.717) is 25.7 Å². The van der Waals surface area contributed by atoms with Crippen LogP contribution in [0.1, 0.15) is 107 Å². The van der Waals surface area contributed by atoms with E-state index in [1.807, 2.05) is 27.7 Å². The number of ketones is 2. The summed E-state index contributed by atoms with van der Waals surface area (Å²) in [5.41, 5.74) is -5.15. The third-order valence-corrected chi connectivity index (χ3v) is 15.9. The van der Waals surface area contributed by atoms with E-state index in [1.54, 1.807) is 13.8 Å². The van der Waals surface area contributed by atoms with Crippen LogP contribution in [0.25, 0.3) is 0 Å². The van der Waals surface area contributed by atoms with Crippen LogP contribution in [-0.2, 0) is 28.5 Å². The molecule has 9 N–H and O–H groups in total. The second-order valence-corrected chi connectivity index (χ2v) is 20.3. The van der Waals surface area contributed by atoms with Gasteiger partial charge < -0.3 is 64.9 Å². The van der Waals surface area contributed by atoms with Crippen molar-refractivity contribution < 1.29 is 74.5 Å². The number of aliphatic hydroxyl groups excluding tert-OH is 7. The minimum atomic E-state index is -1.93. The summed E-state index contributed by atoms with van der Waals surface area (Å²) in [5, 5.41) is 97.3. The summed E-state index contributed by atoms with van der Waals surface area (Å²) in [5.74, 6) is -1.79. The Labute approximate surface area is 335 Å². The van der Waals surface area contributed by atoms with Gasteiger partial charge in [-0.25, -0.2) is 0 Å². The lowest BCUT2D eigenvalue weighted by molar-refractivity contribution is -0.372. The van der Waals surface area contributed by atoms with Crippen molar-refractivity contribution >= 4 is 11.6 Å². The molecule has 326 valence electrons. The third-order valence-electron chi connectivity index (χ3n) is 15.9. The zero-order valence-corrected chi connectivity index (χ0v) is 34.9. The van der Waals surface area contributed by atoms with Crippen molar-refractivity contribution in [2.45, 2.75) is 192 Å². The first kappa shape index (κ1) is 45.1. The molecule has 6 aliphatic rings. The van der Waals surface area contributed by atoms with Crippen LogP contribution in [0.3, 0.4) is 0 Å². The van der Waals surface area contributed by atoms with Crippen LogP contribution in [0.5, 0.6) is 0 Å². The lowest BCUT2D eigenvalue weighted by Crippen LogP contribution is -2.66. The number of carbonyl (C=O) groups is 2. The monoisotopic (exact) mass is 812 g/mol.